The van der Waals surface area contributed by atoms with E-state index in [4.69, 9.17) is 13.9 Å². The monoisotopic (exact) mass is 491 g/mol. The van der Waals surface area contributed by atoms with E-state index in [1.165, 1.54) is 0 Å². The Morgan fingerprint density at radius 3 is 2.75 bits per heavy atom. The van der Waals surface area contributed by atoms with Crippen LogP contribution in [0.25, 0.3) is 11.3 Å². The van der Waals surface area contributed by atoms with Gasteiger partial charge in [-0.25, -0.2) is 9.78 Å². The van der Waals surface area contributed by atoms with Gasteiger partial charge in [0.15, 0.2) is 5.76 Å². The number of oxazole rings is 1. The zero-order valence-electron chi connectivity index (χ0n) is 20.9. The van der Waals surface area contributed by atoms with Crippen LogP contribution in [0.3, 0.4) is 0 Å². The van der Waals surface area contributed by atoms with Crippen molar-refractivity contribution >= 4 is 23.4 Å². The number of ether oxygens (including phenoxy) is 2. The van der Waals surface area contributed by atoms with E-state index in [9.17, 15) is 4.79 Å². The summed E-state index contributed by atoms with van der Waals surface area (Å²) in [4.78, 5) is 21.0. The van der Waals surface area contributed by atoms with Crippen molar-refractivity contribution in [2.75, 3.05) is 56.2 Å². The fourth-order valence-electron chi connectivity index (χ4n) is 4.49. The Kier molecular flexibility index (Phi) is 7.50. The number of anilines is 3. The molecule has 5 rings (SSSR count). The molecule has 190 valence electrons. The summed E-state index contributed by atoms with van der Waals surface area (Å²) in [5, 5.41) is 6.19. The second-order valence-electron chi connectivity index (χ2n) is 9.10. The lowest BCUT2D eigenvalue weighted by Gasteiger charge is -2.27. The van der Waals surface area contributed by atoms with Gasteiger partial charge in [0.1, 0.15) is 0 Å². The maximum atomic E-state index is 12.4. The molecule has 36 heavy (non-hydrogen) atoms. The van der Waals surface area contributed by atoms with Gasteiger partial charge in [-0.3, -0.25) is 9.80 Å². The Morgan fingerprint density at radius 1 is 1.11 bits per heavy atom. The molecule has 2 amide bonds. The number of carbonyl (C=O) groups excluding carboxylic acids is 1. The maximum absolute atomic E-state index is 12.4. The van der Waals surface area contributed by atoms with Crippen LogP contribution in [0.15, 0.2) is 47.0 Å². The van der Waals surface area contributed by atoms with Gasteiger partial charge in [0, 0.05) is 56.3 Å². The van der Waals surface area contributed by atoms with E-state index in [1.807, 2.05) is 19.9 Å². The Labute approximate surface area is 211 Å². The van der Waals surface area contributed by atoms with Crippen molar-refractivity contribution < 1.29 is 18.7 Å². The fraction of sp³-hybridized carbons (Fsp3) is 0.407. The van der Waals surface area contributed by atoms with Crippen molar-refractivity contribution in [2.24, 2.45) is 0 Å². The van der Waals surface area contributed by atoms with Crippen molar-refractivity contribution in [3.63, 3.8) is 0 Å². The molecule has 3 aromatic rings. The van der Waals surface area contributed by atoms with Gasteiger partial charge >= 0.3 is 6.03 Å². The van der Waals surface area contributed by atoms with Crippen molar-refractivity contribution in [3.05, 3.63) is 59.3 Å². The second-order valence-corrected chi connectivity index (χ2v) is 9.10. The van der Waals surface area contributed by atoms with E-state index >= 15 is 0 Å². The molecule has 2 aliphatic rings. The van der Waals surface area contributed by atoms with Gasteiger partial charge < -0.3 is 24.5 Å². The van der Waals surface area contributed by atoms with E-state index in [-0.39, 0.29) is 6.03 Å². The van der Waals surface area contributed by atoms with Crippen LogP contribution in [0.5, 0.6) is 0 Å². The van der Waals surface area contributed by atoms with E-state index in [0.29, 0.717) is 38.1 Å². The SMILES string of the molecule is CCOCc1ccc(C)c(Nc2ncc(-c3cc(CN4CCOCC4)cc(N4CCNC4=O)c3)o2)c1. The van der Waals surface area contributed by atoms with Crippen molar-refractivity contribution in [1.82, 2.24) is 15.2 Å². The number of morpholine rings is 1. The minimum Gasteiger partial charge on any atom is -0.423 e. The average molecular weight is 492 g/mol. The lowest BCUT2D eigenvalue weighted by Crippen LogP contribution is -2.35. The maximum Gasteiger partial charge on any atom is 0.321 e. The van der Waals surface area contributed by atoms with E-state index in [2.05, 4.69) is 50.8 Å². The third-order valence-electron chi connectivity index (χ3n) is 6.46. The molecular weight excluding hydrogens is 458 g/mol. The van der Waals surface area contributed by atoms with Gasteiger partial charge in [0.25, 0.3) is 6.01 Å². The van der Waals surface area contributed by atoms with Gasteiger partial charge in [-0.15, -0.1) is 0 Å². The van der Waals surface area contributed by atoms with Crippen LogP contribution in [0.1, 0.15) is 23.6 Å². The topological polar surface area (TPSA) is 92.1 Å². The second kappa shape index (κ2) is 11.1. The third-order valence-corrected chi connectivity index (χ3v) is 6.46. The normalized spacial score (nSPS) is 16.4. The molecule has 0 bridgehead atoms. The number of amides is 2. The number of carbonyl (C=O) groups is 1. The van der Waals surface area contributed by atoms with E-state index < -0.39 is 0 Å². The summed E-state index contributed by atoms with van der Waals surface area (Å²) < 4.78 is 17.2. The summed E-state index contributed by atoms with van der Waals surface area (Å²) >= 11 is 0. The number of rotatable bonds is 9. The molecule has 0 aliphatic carbocycles. The number of benzene rings is 2. The van der Waals surface area contributed by atoms with Crippen LogP contribution in [-0.2, 0) is 22.6 Å². The first-order chi connectivity index (χ1) is 17.6. The summed E-state index contributed by atoms with van der Waals surface area (Å²) in [5.74, 6) is 0.644. The summed E-state index contributed by atoms with van der Waals surface area (Å²) in [6, 6.07) is 12.7. The van der Waals surface area contributed by atoms with Crippen molar-refractivity contribution in [3.8, 4) is 11.3 Å². The summed E-state index contributed by atoms with van der Waals surface area (Å²) in [6.07, 6.45) is 1.73. The molecule has 0 saturated carbocycles. The third kappa shape index (κ3) is 5.70. The molecule has 0 unspecified atom stereocenters. The molecule has 2 aromatic carbocycles. The molecule has 9 nitrogen and oxygen atoms in total. The summed E-state index contributed by atoms with van der Waals surface area (Å²) in [6.45, 7) is 10.6. The van der Waals surface area contributed by atoms with Crippen molar-refractivity contribution in [1.29, 1.82) is 0 Å². The van der Waals surface area contributed by atoms with Crippen LogP contribution < -0.4 is 15.5 Å². The minimum atomic E-state index is -0.0770. The van der Waals surface area contributed by atoms with Crippen LogP contribution in [0.4, 0.5) is 22.2 Å². The minimum absolute atomic E-state index is 0.0770. The van der Waals surface area contributed by atoms with Gasteiger partial charge in [0.05, 0.1) is 26.0 Å². The molecule has 0 atom stereocenters. The van der Waals surface area contributed by atoms with Gasteiger partial charge in [-0.05, 0) is 54.8 Å². The van der Waals surface area contributed by atoms with Crippen LogP contribution in [0, 0.1) is 6.92 Å². The molecule has 2 fully saturated rings. The van der Waals surface area contributed by atoms with Crippen LogP contribution >= 0.6 is 0 Å². The van der Waals surface area contributed by atoms with E-state index in [0.717, 1.165) is 66.5 Å². The van der Waals surface area contributed by atoms with Crippen LogP contribution in [0.2, 0.25) is 0 Å². The number of nitrogens with zero attached hydrogens (tertiary/aromatic N) is 3. The smallest absolute Gasteiger partial charge is 0.321 e. The zero-order chi connectivity index (χ0) is 24.9. The molecular formula is C27H33N5O4. The highest BCUT2D eigenvalue weighted by molar-refractivity contribution is 5.94. The molecule has 2 saturated heterocycles. The highest BCUT2D eigenvalue weighted by Gasteiger charge is 2.23. The average Bonchev–Trinajstić information content (AvgIpc) is 3.54. The zero-order valence-corrected chi connectivity index (χ0v) is 20.9. The fourth-order valence-corrected chi connectivity index (χ4v) is 4.49. The molecule has 1 aromatic heterocycles. The highest BCUT2D eigenvalue weighted by Crippen LogP contribution is 2.31. The molecule has 2 N–H and O–H groups in total. The predicted molar refractivity (Wildman–Crippen MR) is 139 cm³/mol. The Hall–Kier alpha value is -3.40. The number of urea groups is 1. The van der Waals surface area contributed by atoms with Crippen LogP contribution in [-0.4, -0.2) is 61.9 Å². The molecule has 0 spiro atoms. The Morgan fingerprint density at radius 2 is 1.97 bits per heavy atom. The lowest BCUT2D eigenvalue weighted by molar-refractivity contribution is 0.0342. The number of aryl methyl sites for hydroxylation is 1. The Bertz CT molecular complexity index is 1200. The van der Waals surface area contributed by atoms with Gasteiger partial charge in [0.2, 0.25) is 0 Å². The predicted octanol–water partition coefficient (Wildman–Crippen LogP) is 4.29. The standard InChI is InChI=1S/C27H33N5O4/c1-3-34-18-20-5-4-19(2)24(14-20)30-26-29-16-25(36-26)22-12-21(17-31-8-10-35-11-9-31)13-23(15-22)32-7-6-28-27(32)33/h4-5,12-16H,3,6-11,17-18H2,1-2H3,(H,28,33)(H,29,30). The highest BCUT2D eigenvalue weighted by atomic mass is 16.5. The lowest BCUT2D eigenvalue weighted by atomic mass is 10.1. The molecule has 0 radical (unpaired) electrons. The first kappa shape index (κ1) is 24.3. The Balaban J connectivity index is 1.40. The number of hydrogen-bond acceptors (Lipinski definition) is 7. The first-order valence-corrected chi connectivity index (χ1v) is 12.5. The van der Waals surface area contributed by atoms with Crippen molar-refractivity contribution in [2.45, 2.75) is 27.0 Å². The molecule has 2 aliphatic heterocycles. The first-order valence-electron chi connectivity index (χ1n) is 12.5. The summed E-state index contributed by atoms with van der Waals surface area (Å²) in [7, 11) is 0. The van der Waals surface area contributed by atoms with Gasteiger partial charge in [-0.2, -0.15) is 0 Å². The van der Waals surface area contributed by atoms with E-state index in [1.54, 1.807) is 11.1 Å². The molecule has 9 heteroatoms. The van der Waals surface area contributed by atoms with Gasteiger partial charge in [-0.1, -0.05) is 12.1 Å². The summed E-state index contributed by atoms with van der Waals surface area (Å²) in [5.41, 5.74) is 5.96. The number of aromatic nitrogens is 1. The number of nitrogens with one attached hydrogen (secondary N) is 2. The largest absolute Gasteiger partial charge is 0.423 e. The number of hydrogen-bond donors (Lipinski definition) is 2. The molecule has 3 heterocycles. The quantitative estimate of drug-likeness (QED) is 0.461.